The molecule has 0 aromatic heterocycles. The van der Waals surface area contributed by atoms with Gasteiger partial charge >= 0.3 is 5.97 Å². The summed E-state index contributed by atoms with van der Waals surface area (Å²) in [7, 11) is 0. The molecule has 0 aliphatic heterocycles. The molecule has 0 unspecified atom stereocenters. The molecule has 0 bridgehead atoms. The minimum atomic E-state index is -0.745. The van der Waals surface area contributed by atoms with Crippen LogP contribution in [0.4, 0.5) is 0 Å². The zero-order chi connectivity index (χ0) is 11.2. The number of hydrogen-bond donors (Lipinski definition) is 2. The van der Waals surface area contributed by atoms with Crippen molar-refractivity contribution in [2.75, 3.05) is 6.61 Å². The van der Waals surface area contributed by atoms with E-state index in [0.717, 1.165) is 6.42 Å². The van der Waals surface area contributed by atoms with E-state index in [4.69, 9.17) is 10.2 Å². The molecule has 0 aliphatic carbocycles. The minimum Gasteiger partial charge on any atom is -0.481 e. The highest BCUT2D eigenvalue weighted by Gasteiger charge is 1.81. The van der Waals surface area contributed by atoms with Gasteiger partial charge in [0.1, 0.15) is 0 Å². The molecule has 0 aromatic rings. The third kappa shape index (κ3) is 22.5. The number of unbranched alkanes of at least 4 members (excludes halogenated alkanes) is 3. The Kier molecular flexibility index (Phi) is 16.4. The van der Waals surface area contributed by atoms with Gasteiger partial charge < -0.3 is 10.2 Å². The van der Waals surface area contributed by atoms with Crippen LogP contribution in [-0.2, 0) is 4.79 Å². The third-order valence-corrected chi connectivity index (χ3v) is 1.55. The Labute approximate surface area is 86.5 Å². The van der Waals surface area contributed by atoms with E-state index >= 15 is 0 Å². The standard InChI is InChI=1S/C8H16O.C3H6O2/c1-2-3-4-5-6-7-8-9;1-2-3(4)5/h6-7,9H,2-5,8H2,1H3;2H2,1H3,(H,4,5). The second-order valence-electron chi connectivity index (χ2n) is 2.90. The van der Waals surface area contributed by atoms with Crippen LogP contribution < -0.4 is 0 Å². The maximum Gasteiger partial charge on any atom is 0.303 e. The van der Waals surface area contributed by atoms with Gasteiger partial charge in [-0.05, 0) is 12.8 Å². The maximum atomic E-state index is 9.37. The fourth-order valence-corrected chi connectivity index (χ4v) is 0.705. The number of carbonyl (C=O) groups is 1. The average molecular weight is 202 g/mol. The summed E-state index contributed by atoms with van der Waals surface area (Å²) in [5.41, 5.74) is 0. The molecule has 0 aliphatic rings. The fourth-order valence-electron chi connectivity index (χ4n) is 0.705. The molecule has 0 atom stereocenters. The lowest BCUT2D eigenvalue weighted by molar-refractivity contribution is -0.136. The van der Waals surface area contributed by atoms with Crippen LogP contribution in [0.2, 0.25) is 0 Å². The first-order valence-corrected chi connectivity index (χ1v) is 5.16. The van der Waals surface area contributed by atoms with Crippen LogP contribution in [0.1, 0.15) is 46.0 Å². The number of allylic oxidation sites excluding steroid dienone is 1. The SMILES string of the molecule is CCC(=O)O.CCCCCC=CCO. The Balaban J connectivity index is 0. The molecule has 0 aromatic carbocycles. The van der Waals surface area contributed by atoms with Crippen LogP contribution in [0.5, 0.6) is 0 Å². The summed E-state index contributed by atoms with van der Waals surface area (Å²) in [6.07, 6.45) is 9.01. The first-order valence-electron chi connectivity index (χ1n) is 5.16. The molecule has 14 heavy (non-hydrogen) atoms. The van der Waals surface area contributed by atoms with Crippen LogP contribution in [-0.4, -0.2) is 22.8 Å². The number of carboxylic acid groups (broad SMARTS) is 1. The van der Waals surface area contributed by atoms with Crippen LogP contribution in [0.15, 0.2) is 12.2 Å². The van der Waals surface area contributed by atoms with Crippen LogP contribution >= 0.6 is 0 Å². The van der Waals surface area contributed by atoms with Gasteiger partial charge in [-0.25, -0.2) is 0 Å². The molecule has 0 fully saturated rings. The number of aliphatic hydroxyl groups excluding tert-OH is 1. The highest BCUT2D eigenvalue weighted by molar-refractivity contribution is 5.66. The van der Waals surface area contributed by atoms with E-state index in [1.54, 1.807) is 13.0 Å². The molecule has 3 nitrogen and oxygen atoms in total. The molecule has 0 spiro atoms. The summed E-state index contributed by atoms with van der Waals surface area (Å²) in [4.78, 5) is 9.37. The number of rotatable bonds is 6. The molecule has 0 heterocycles. The predicted molar refractivity (Wildman–Crippen MR) is 58.3 cm³/mol. The zero-order valence-electron chi connectivity index (χ0n) is 9.20. The van der Waals surface area contributed by atoms with E-state index < -0.39 is 5.97 Å². The van der Waals surface area contributed by atoms with Crippen molar-refractivity contribution in [3.05, 3.63) is 12.2 Å². The van der Waals surface area contributed by atoms with Crippen LogP contribution in [0.25, 0.3) is 0 Å². The predicted octanol–water partition coefficient (Wildman–Crippen LogP) is 2.60. The monoisotopic (exact) mass is 202 g/mol. The Morgan fingerprint density at radius 3 is 2.14 bits per heavy atom. The van der Waals surface area contributed by atoms with E-state index in [9.17, 15) is 4.79 Å². The molecular formula is C11H22O3. The van der Waals surface area contributed by atoms with Gasteiger partial charge in [-0.1, -0.05) is 38.8 Å². The van der Waals surface area contributed by atoms with Gasteiger partial charge in [0.15, 0.2) is 0 Å². The van der Waals surface area contributed by atoms with E-state index in [0.29, 0.717) is 0 Å². The lowest BCUT2D eigenvalue weighted by Crippen LogP contribution is -1.86. The van der Waals surface area contributed by atoms with Gasteiger partial charge in [-0.15, -0.1) is 0 Å². The number of carboxylic acids is 1. The van der Waals surface area contributed by atoms with Crippen molar-refractivity contribution in [1.82, 2.24) is 0 Å². The third-order valence-electron chi connectivity index (χ3n) is 1.55. The van der Waals surface area contributed by atoms with Crippen molar-refractivity contribution >= 4 is 5.97 Å². The smallest absolute Gasteiger partial charge is 0.303 e. The molecule has 0 rings (SSSR count). The fraction of sp³-hybridized carbons (Fsp3) is 0.727. The Morgan fingerprint density at radius 2 is 1.79 bits per heavy atom. The number of aliphatic hydroxyl groups is 1. The summed E-state index contributed by atoms with van der Waals surface area (Å²) < 4.78 is 0. The average Bonchev–Trinajstić information content (AvgIpc) is 2.19. The molecule has 0 saturated heterocycles. The number of hydrogen-bond acceptors (Lipinski definition) is 2. The highest BCUT2D eigenvalue weighted by atomic mass is 16.4. The van der Waals surface area contributed by atoms with E-state index in [2.05, 4.69) is 6.92 Å². The van der Waals surface area contributed by atoms with Crippen molar-refractivity contribution in [2.24, 2.45) is 0 Å². The summed E-state index contributed by atoms with van der Waals surface area (Å²) in [5, 5.41) is 16.1. The quantitative estimate of drug-likeness (QED) is 0.514. The van der Waals surface area contributed by atoms with Gasteiger partial charge in [0.05, 0.1) is 6.61 Å². The van der Waals surface area contributed by atoms with Crippen molar-refractivity contribution in [2.45, 2.75) is 46.0 Å². The molecule has 84 valence electrons. The van der Waals surface area contributed by atoms with Gasteiger partial charge in [0.2, 0.25) is 0 Å². The van der Waals surface area contributed by atoms with Crippen molar-refractivity contribution in [3.63, 3.8) is 0 Å². The second-order valence-corrected chi connectivity index (χ2v) is 2.90. The van der Waals surface area contributed by atoms with Crippen molar-refractivity contribution < 1.29 is 15.0 Å². The van der Waals surface area contributed by atoms with Crippen molar-refractivity contribution in [1.29, 1.82) is 0 Å². The summed E-state index contributed by atoms with van der Waals surface area (Å²) >= 11 is 0. The molecule has 0 saturated carbocycles. The van der Waals surface area contributed by atoms with Gasteiger partial charge in [0, 0.05) is 6.42 Å². The molecule has 0 amide bonds. The maximum absolute atomic E-state index is 9.37. The molecule has 0 radical (unpaired) electrons. The van der Waals surface area contributed by atoms with E-state index in [-0.39, 0.29) is 13.0 Å². The summed E-state index contributed by atoms with van der Waals surface area (Å²) in [5.74, 6) is -0.745. The molecule has 3 heteroatoms. The van der Waals surface area contributed by atoms with Gasteiger partial charge in [0.25, 0.3) is 0 Å². The zero-order valence-corrected chi connectivity index (χ0v) is 9.20. The molecule has 2 N–H and O–H groups in total. The highest BCUT2D eigenvalue weighted by Crippen LogP contribution is 1.98. The summed E-state index contributed by atoms with van der Waals surface area (Å²) in [6, 6.07) is 0. The lowest BCUT2D eigenvalue weighted by atomic mass is 10.2. The van der Waals surface area contributed by atoms with Gasteiger partial charge in [-0.3, -0.25) is 4.79 Å². The first-order chi connectivity index (χ1) is 6.68. The van der Waals surface area contributed by atoms with Crippen LogP contribution in [0, 0.1) is 0 Å². The second kappa shape index (κ2) is 14.7. The Hall–Kier alpha value is -0.830. The first kappa shape index (κ1) is 15.6. The lowest BCUT2D eigenvalue weighted by Gasteiger charge is -1.89. The Morgan fingerprint density at radius 1 is 1.21 bits per heavy atom. The van der Waals surface area contributed by atoms with Gasteiger partial charge in [-0.2, -0.15) is 0 Å². The molecular weight excluding hydrogens is 180 g/mol. The van der Waals surface area contributed by atoms with E-state index in [1.807, 2.05) is 6.08 Å². The van der Waals surface area contributed by atoms with Crippen LogP contribution in [0.3, 0.4) is 0 Å². The van der Waals surface area contributed by atoms with Crippen molar-refractivity contribution in [3.8, 4) is 0 Å². The topological polar surface area (TPSA) is 57.5 Å². The normalized spacial score (nSPS) is 9.64. The number of aliphatic carboxylic acids is 1. The Bertz CT molecular complexity index is 141. The minimum absolute atomic E-state index is 0.187. The summed E-state index contributed by atoms with van der Waals surface area (Å²) in [6.45, 7) is 3.98. The van der Waals surface area contributed by atoms with E-state index in [1.165, 1.54) is 19.3 Å². The largest absolute Gasteiger partial charge is 0.481 e.